The second-order valence-electron chi connectivity index (χ2n) is 9.88. The Labute approximate surface area is 218 Å². The van der Waals surface area contributed by atoms with Crippen molar-refractivity contribution in [1.29, 1.82) is 0 Å². The summed E-state index contributed by atoms with van der Waals surface area (Å²) in [7, 11) is 3.53. The number of aliphatic hydroxyl groups is 1. The maximum Gasteiger partial charge on any atom is 0.226 e. The van der Waals surface area contributed by atoms with Gasteiger partial charge in [0.2, 0.25) is 5.91 Å². The molecule has 35 heavy (non-hydrogen) atoms. The van der Waals surface area contributed by atoms with E-state index >= 15 is 0 Å². The molecule has 0 aromatic heterocycles. The number of benzene rings is 2. The molecule has 1 amide bonds. The second-order valence-corrected chi connectivity index (χ2v) is 10.7. The van der Waals surface area contributed by atoms with Crippen LogP contribution in [0, 0.1) is 5.92 Å². The molecule has 2 aromatic carbocycles. The smallest absolute Gasteiger partial charge is 0.226 e. The Morgan fingerprint density at radius 1 is 1.29 bits per heavy atom. The first-order chi connectivity index (χ1) is 16.8. The minimum Gasteiger partial charge on any atom is -0.497 e. The third-order valence-electron chi connectivity index (χ3n) is 7.93. The predicted octanol–water partition coefficient (Wildman–Crippen LogP) is 4.97. The summed E-state index contributed by atoms with van der Waals surface area (Å²) < 4.78 is 5.53. The summed E-state index contributed by atoms with van der Waals surface area (Å²) in [6.45, 7) is 6.42. The molecule has 2 fully saturated rings. The van der Waals surface area contributed by atoms with Crippen LogP contribution >= 0.6 is 23.2 Å². The van der Waals surface area contributed by atoms with Gasteiger partial charge in [0.15, 0.2) is 0 Å². The number of rotatable bonds is 7. The molecular weight excluding hydrogens is 483 g/mol. The van der Waals surface area contributed by atoms with Crippen LogP contribution in [0.2, 0.25) is 10.0 Å². The van der Waals surface area contributed by atoms with E-state index < -0.39 is 6.10 Å². The van der Waals surface area contributed by atoms with Crippen molar-refractivity contribution in [2.24, 2.45) is 5.92 Å². The van der Waals surface area contributed by atoms with E-state index in [-0.39, 0.29) is 29.7 Å². The highest BCUT2D eigenvalue weighted by Crippen LogP contribution is 2.50. The number of aliphatic hydroxyl groups excluding tert-OH is 1. The number of fused-ring (bicyclic) bond motifs is 1. The molecule has 7 heteroatoms. The number of ether oxygens (including phenoxy) is 1. The van der Waals surface area contributed by atoms with Crippen LogP contribution in [0.3, 0.4) is 0 Å². The average Bonchev–Trinajstić information content (AvgIpc) is 2.86. The molecule has 1 N–H and O–H groups in total. The molecule has 2 aliphatic rings. The van der Waals surface area contributed by atoms with Gasteiger partial charge in [-0.25, -0.2) is 0 Å². The highest BCUT2D eigenvalue weighted by atomic mass is 35.5. The molecule has 1 saturated carbocycles. The van der Waals surface area contributed by atoms with Crippen molar-refractivity contribution in [2.45, 2.75) is 43.2 Å². The fourth-order valence-corrected chi connectivity index (χ4v) is 6.30. The van der Waals surface area contributed by atoms with E-state index in [1.54, 1.807) is 19.2 Å². The van der Waals surface area contributed by atoms with E-state index in [1.165, 1.54) is 5.56 Å². The van der Waals surface area contributed by atoms with Crippen LogP contribution < -0.4 is 4.74 Å². The van der Waals surface area contributed by atoms with Gasteiger partial charge < -0.3 is 14.7 Å². The van der Waals surface area contributed by atoms with Crippen LogP contribution in [0.15, 0.2) is 55.1 Å². The number of hydrogen-bond donors (Lipinski definition) is 1. The third kappa shape index (κ3) is 5.39. The first-order valence-electron chi connectivity index (χ1n) is 12.1. The van der Waals surface area contributed by atoms with E-state index in [0.717, 1.165) is 43.8 Å². The van der Waals surface area contributed by atoms with E-state index in [1.807, 2.05) is 36.2 Å². The normalized spacial score (nSPS) is 26.6. The number of piperidine rings is 1. The molecule has 0 spiro atoms. The van der Waals surface area contributed by atoms with Gasteiger partial charge in [-0.3, -0.25) is 9.69 Å². The summed E-state index contributed by atoms with van der Waals surface area (Å²) in [5, 5.41) is 12.4. The molecule has 0 bridgehead atoms. The van der Waals surface area contributed by atoms with E-state index in [0.29, 0.717) is 16.5 Å². The van der Waals surface area contributed by atoms with Crippen LogP contribution in [0.5, 0.6) is 5.75 Å². The fraction of sp³-hybridized carbons (Fsp3) is 0.464. The van der Waals surface area contributed by atoms with Crippen molar-refractivity contribution in [3.8, 4) is 5.75 Å². The van der Waals surface area contributed by atoms with E-state index in [4.69, 9.17) is 27.9 Å². The SMILES string of the molecule is C=CCN1CC[C@@]2(c3cccc(OC)c3)C[C@@H](N(C)C(=O)Cc3ccc(Cl)c(Cl)c3)CC(O)[C@@H]2C1. The Bertz CT molecular complexity index is 1080. The maximum atomic E-state index is 13.3. The van der Waals surface area contributed by atoms with Gasteiger partial charge in [0, 0.05) is 37.5 Å². The van der Waals surface area contributed by atoms with Gasteiger partial charge in [-0.15, -0.1) is 6.58 Å². The molecule has 188 valence electrons. The summed E-state index contributed by atoms with van der Waals surface area (Å²) >= 11 is 12.2. The highest BCUT2D eigenvalue weighted by Gasteiger charge is 2.52. The summed E-state index contributed by atoms with van der Waals surface area (Å²) in [5.74, 6) is 0.881. The summed E-state index contributed by atoms with van der Waals surface area (Å²) in [6.07, 6.45) is 3.90. The molecule has 1 heterocycles. The molecular formula is C28H34Cl2N2O3. The minimum absolute atomic E-state index is 0.00363. The van der Waals surface area contributed by atoms with Crippen molar-refractivity contribution in [2.75, 3.05) is 33.8 Å². The van der Waals surface area contributed by atoms with Gasteiger partial charge >= 0.3 is 0 Å². The van der Waals surface area contributed by atoms with Crippen LogP contribution in [-0.4, -0.2) is 66.8 Å². The van der Waals surface area contributed by atoms with Crippen LogP contribution in [0.25, 0.3) is 0 Å². The lowest BCUT2D eigenvalue weighted by Gasteiger charge is -2.56. The zero-order chi connectivity index (χ0) is 25.2. The Kier molecular flexibility index (Phi) is 8.12. The first-order valence-corrected chi connectivity index (χ1v) is 12.9. The first kappa shape index (κ1) is 26.0. The molecule has 1 unspecified atom stereocenters. The Hall–Kier alpha value is -2.05. The Morgan fingerprint density at radius 2 is 2.09 bits per heavy atom. The van der Waals surface area contributed by atoms with Crippen molar-refractivity contribution >= 4 is 29.1 Å². The highest BCUT2D eigenvalue weighted by molar-refractivity contribution is 6.42. The summed E-state index contributed by atoms with van der Waals surface area (Å²) in [5.41, 5.74) is 1.76. The number of likely N-dealkylation sites (N-methyl/N-ethyl adjacent to an activating group) is 1. The molecule has 4 atom stereocenters. The van der Waals surface area contributed by atoms with E-state index in [9.17, 15) is 9.90 Å². The third-order valence-corrected chi connectivity index (χ3v) is 8.67. The molecule has 1 aliphatic carbocycles. The van der Waals surface area contributed by atoms with Crippen molar-refractivity contribution in [1.82, 2.24) is 9.80 Å². The summed E-state index contributed by atoms with van der Waals surface area (Å²) in [6, 6.07) is 13.4. The number of nitrogens with zero attached hydrogens (tertiary/aromatic N) is 2. The minimum atomic E-state index is -0.521. The second kappa shape index (κ2) is 10.9. The van der Waals surface area contributed by atoms with Gasteiger partial charge in [-0.2, -0.15) is 0 Å². The maximum absolute atomic E-state index is 13.3. The fourth-order valence-electron chi connectivity index (χ4n) is 5.98. The van der Waals surface area contributed by atoms with Gasteiger partial charge in [-0.05, 0) is 61.2 Å². The summed E-state index contributed by atoms with van der Waals surface area (Å²) in [4.78, 5) is 17.5. The largest absolute Gasteiger partial charge is 0.497 e. The number of likely N-dealkylation sites (tertiary alicyclic amines) is 1. The van der Waals surface area contributed by atoms with Gasteiger partial charge in [-0.1, -0.05) is 47.5 Å². The molecule has 2 aromatic rings. The molecule has 5 nitrogen and oxygen atoms in total. The quantitative estimate of drug-likeness (QED) is 0.527. The van der Waals surface area contributed by atoms with Crippen LogP contribution in [-0.2, 0) is 16.6 Å². The molecule has 4 rings (SSSR count). The predicted molar refractivity (Wildman–Crippen MR) is 141 cm³/mol. The van der Waals surface area contributed by atoms with E-state index in [2.05, 4.69) is 23.6 Å². The van der Waals surface area contributed by atoms with Crippen molar-refractivity contribution in [3.63, 3.8) is 0 Å². The number of amides is 1. The van der Waals surface area contributed by atoms with Crippen LogP contribution in [0.1, 0.15) is 30.4 Å². The molecule has 1 saturated heterocycles. The number of carbonyl (C=O) groups is 1. The number of halogens is 2. The Morgan fingerprint density at radius 3 is 2.80 bits per heavy atom. The van der Waals surface area contributed by atoms with Gasteiger partial charge in [0.05, 0.1) is 29.7 Å². The average molecular weight is 517 g/mol. The van der Waals surface area contributed by atoms with Gasteiger partial charge in [0.1, 0.15) is 5.75 Å². The zero-order valence-electron chi connectivity index (χ0n) is 20.4. The molecule has 0 radical (unpaired) electrons. The van der Waals surface area contributed by atoms with Crippen molar-refractivity contribution < 1.29 is 14.6 Å². The van der Waals surface area contributed by atoms with Crippen LogP contribution in [0.4, 0.5) is 0 Å². The number of hydrogen-bond acceptors (Lipinski definition) is 4. The Balaban J connectivity index is 1.61. The van der Waals surface area contributed by atoms with Gasteiger partial charge in [0.25, 0.3) is 0 Å². The number of carbonyl (C=O) groups excluding carboxylic acids is 1. The lowest BCUT2D eigenvalue weighted by atomic mass is 9.56. The molecule has 1 aliphatic heterocycles. The standard InChI is InChI=1S/C28H34Cl2N2O3/c1-4-11-32-12-10-28(20-6-5-7-22(15-20)35-3)17-21(16-26(33)23(28)18-32)31(2)27(34)14-19-8-9-24(29)25(30)13-19/h4-9,13,15,21,23,26,33H,1,10-12,14,16-18H2,2-3H3/t21-,23-,26?,28-/m0/s1. The lowest BCUT2D eigenvalue weighted by molar-refractivity contribution is -0.135. The number of methoxy groups -OCH3 is 1. The topological polar surface area (TPSA) is 53.0 Å². The zero-order valence-corrected chi connectivity index (χ0v) is 21.9. The monoisotopic (exact) mass is 516 g/mol. The lowest BCUT2D eigenvalue weighted by Crippen LogP contribution is -2.61. The van der Waals surface area contributed by atoms with Crippen molar-refractivity contribution in [3.05, 3.63) is 76.3 Å².